The molecule has 0 bridgehead atoms. The van der Waals surface area contributed by atoms with Crippen LogP contribution in [0.1, 0.15) is 33.8 Å². The molecule has 2 heterocycles. The molecule has 168 valence electrons. The molecule has 0 aliphatic carbocycles. The van der Waals surface area contributed by atoms with E-state index in [1.165, 1.54) is 16.9 Å². The highest BCUT2D eigenvalue weighted by atomic mass is 32.1. The predicted molar refractivity (Wildman–Crippen MR) is 133 cm³/mol. The van der Waals surface area contributed by atoms with Gasteiger partial charge in [0.2, 0.25) is 5.95 Å². The topological polar surface area (TPSA) is 78.3 Å². The lowest BCUT2D eigenvalue weighted by atomic mass is 10.1. The Balaban J connectivity index is 1.43. The molecule has 0 aliphatic heterocycles. The van der Waals surface area contributed by atoms with Crippen LogP contribution in [0.5, 0.6) is 0 Å². The van der Waals surface area contributed by atoms with Gasteiger partial charge in [0.05, 0.1) is 21.6 Å². The van der Waals surface area contributed by atoms with Gasteiger partial charge in [-0.15, -0.1) is 11.3 Å². The third-order valence-corrected chi connectivity index (χ3v) is 6.37. The van der Waals surface area contributed by atoms with Crippen molar-refractivity contribution in [3.05, 3.63) is 95.0 Å². The number of likely N-dealkylation sites (N-methyl/N-ethyl adjacent to an activating group) is 1. The molecular weight excluding hydrogens is 432 g/mol. The van der Waals surface area contributed by atoms with E-state index in [1.54, 1.807) is 18.0 Å². The Kier molecular flexibility index (Phi) is 7.12. The Morgan fingerprint density at radius 3 is 2.70 bits per heavy atom. The lowest BCUT2D eigenvalue weighted by Crippen LogP contribution is -2.28. The van der Waals surface area contributed by atoms with Gasteiger partial charge in [0, 0.05) is 25.5 Å². The van der Waals surface area contributed by atoms with E-state index < -0.39 is 6.10 Å². The van der Waals surface area contributed by atoms with Crippen molar-refractivity contribution in [2.75, 3.05) is 18.9 Å². The summed E-state index contributed by atoms with van der Waals surface area (Å²) in [6.45, 7) is 2.38. The van der Waals surface area contributed by atoms with Crippen LogP contribution in [0.3, 0.4) is 0 Å². The van der Waals surface area contributed by atoms with Gasteiger partial charge in [-0.05, 0) is 54.8 Å². The third-order valence-electron chi connectivity index (χ3n) is 5.28. The molecule has 0 fully saturated rings. The van der Waals surface area contributed by atoms with Crippen molar-refractivity contribution < 1.29 is 9.90 Å². The van der Waals surface area contributed by atoms with Crippen LogP contribution in [-0.4, -0.2) is 39.5 Å². The van der Waals surface area contributed by atoms with Crippen molar-refractivity contribution in [3.63, 3.8) is 0 Å². The number of aromatic nitrogens is 2. The molecule has 33 heavy (non-hydrogen) atoms. The molecule has 2 N–H and O–H groups in total. The molecule has 7 heteroatoms. The fraction of sp³-hybridized carbons (Fsp3) is 0.192. The van der Waals surface area contributed by atoms with Gasteiger partial charge in [0.15, 0.2) is 0 Å². The molecule has 2 aromatic carbocycles. The van der Waals surface area contributed by atoms with Crippen LogP contribution in [0.4, 0.5) is 11.6 Å². The molecule has 6 nitrogen and oxygen atoms in total. The molecule has 4 aromatic rings. The van der Waals surface area contributed by atoms with E-state index in [9.17, 15) is 9.90 Å². The van der Waals surface area contributed by atoms with Crippen LogP contribution in [0, 0.1) is 0 Å². The molecule has 1 unspecified atom stereocenters. The van der Waals surface area contributed by atoms with E-state index in [4.69, 9.17) is 0 Å². The van der Waals surface area contributed by atoms with Crippen LogP contribution in [0.15, 0.2) is 79.0 Å². The molecule has 1 amide bonds. The fourth-order valence-corrected chi connectivity index (χ4v) is 4.35. The van der Waals surface area contributed by atoms with E-state index >= 15 is 0 Å². The number of carbonyl (C=O) groups is 1. The van der Waals surface area contributed by atoms with Gasteiger partial charge in [-0.25, -0.2) is 9.97 Å². The van der Waals surface area contributed by atoms with Crippen LogP contribution >= 0.6 is 11.3 Å². The maximum atomic E-state index is 12.9. The highest BCUT2D eigenvalue weighted by molar-refractivity contribution is 7.17. The summed E-state index contributed by atoms with van der Waals surface area (Å²) in [4.78, 5) is 25.1. The molecule has 0 aliphatic rings. The summed E-state index contributed by atoms with van der Waals surface area (Å²) < 4.78 is 0. The number of hydrogen-bond donors (Lipinski definition) is 2. The summed E-state index contributed by atoms with van der Waals surface area (Å²) >= 11 is 1.42. The van der Waals surface area contributed by atoms with Crippen molar-refractivity contribution in [3.8, 4) is 10.6 Å². The second-order valence-corrected chi connectivity index (χ2v) is 8.90. The molecule has 4 rings (SSSR count). The summed E-state index contributed by atoms with van der Waals surface area (Å²) in [6.07, 6.45) is 1.96. The number of aliphatic hydroxyl groups excluding tert-OH is 1. The lowest BCUT2D eigenvalue weighted by molar-refractivity contribution is 0.0801. The number of nitrogens with one attached hydrogen (secondary N) is 1. The predicted octanol–water partition coefficient (Wildman–Crippen LogP) is 5.32. The Hall–Kier alpha value is -3.55. The van der Waals surface area contributed by atoms with Gasteiger partial charge in [-0.2, -0.15) is 0 Å². The highest BCUT2D eigenvalue weighted by Crippen LogP contribution is 2.28. The summed E-state index contributed by atoms with van der Waals surface area (Å²) in [5.74, 6) is 0.459. The number of amides is 1. The van der Waals surface area contributed by atoms with Crippen LogP contribution in [-0.2, 0) is 6.42 Å². The van der Waals surface area contributed by atoms with Crippen molar-refractivity contribution in [1.29, 1.82) is 0 Å². The molecule has 1 atom stereocenters. The Morgan fingerprint density at radius 2 is 1.91 bits per heavy atom. The third kappa shape index (κ3) is 5.83. The van der Waals surface area contributed by atoms with Crippen LogP contribution in [0.2, 0.25) is 0 Å². The number of nitrogens with zero attached hydrogens (tertiary/aromatic N) is 3. The minimum absolute atomic E-state index is 0.00419. The van der Waals surface area contributed by atoms with E-state index in [0.29, 0.717) is 17.4 Å². The first-order valence-electron chi connectivity index (χ1n) is 10.8. The average molecular weight is 459 g/mol. The summed E-state index contributed by atoms with van der Waals surface area (Å²) in [6, 6.07) is 23.3. The van der Waals surface area contributed by atoms with E-state index in [0.717, 1.165) is 28.2 Å². The summed E-state index contributed by atoms with van der Waals surface area (Å²) in [7, 11) is 1.83. The zero-order valence-corrected chi connectivity index (χ0v) is 19.4. The molecule has 0 saturated heterocycles. The average Bonchev–Trinajstić information content (AvgIpc) is 3.33. The van der Waals surface area contributed by atoms with Crippen molar-refractivity contribution >= 4 is 28.9 Å². The van der Waals surface area contributed by atoms with E-state index in [2.05, 4.69) is 27.4 Å². The molecular formula is C26H26N4O2S. The van der Waals surface area contributed by atoms with E-state index in [-0.39, 0.29) is 5.91 Å². The second-order valence-electron chi connectivity index (χ2n) is 7.82. The fourth-order valence-electron chi connectivity index (χ4n) is 3.38. The summed E-state index contributed by atoms with van der Waals surface area (Å²) in [5.41, 5.74) is 3.57. The number of hydrogen-bond acceptors (Lipinski definition) is 6. The number of thiophene rings is 1. The standard InChI is InChI=1S/C26H26N4O2S/c1-18(31)20-9-6-10-21(17-20)28-26-27-15-13-22(29-26)23-11-12-24(33-23)25(32)30(2)16-14-19-7-4-3-5-8-19/h3-13,15,17-18,31H,14,16H2,1-2H3,(H,27,28,29). The van der Waals surface area contributed by atoms with Gasteiger partial charge in [-0.1, -0.05) is 42.5 Å². The largest absolute Gasteiger partial charge is 0.389 e. The van der Waals surface area contributed by atoms with Crippen LogP contribution in [0.25, 0.3) is 10.6 Å². The normalized spacial score (nSPS) is 11.7. The quantitative estimate of drug-likeness (QED) is 0.374. The molecule has 0 saturated carbocycles. The van der Waals surface area contributed by atoms with Gasteiger partial charge >= 0.3 is 0 Å². The SMILES string of the molecule is CC(O)c1cccc(Nc2nccc(-c3ccc(C(=O)N(C)CCc4ccccc4)s3)n2)c1. The van der Waals surface area contributed by atoms with Gasteiger partial charge in [0.1, 0.15) is 0 Å². The first kappa shape index (κ1) is 22.6. The zero-order chi connectivity index (χ0) is 23.2. The van der Waals surface area contributed by atoms with Gasteiger partial charge < -0.3 is 15.3 Å². The minimum Gasteiger partial charge on any atom is -0.389 e. The maximum absolute atomic E-state index is 12.9. The Bertz CT molecular complexity index is 1220. The van der Waals surface area contributed by atoms with Crippen LogP contribution < -0.4 is 5.32 Å². The minimum atomic E-state index is -0.549. The molecule has 0 spiro atoms. The molecule has 0 radical (unpaired) electrons. The number of benzene rings is 2. The lowest BCUT2D eigenvalue weighted by Gasteiger charge is -2.16. The maximum Gasteiger partial charge on any atom is 0.263 e. The van der Waals surface area contributed by atoms with Gasteiger partial charge in [0.25, 0.3) is 5.91 Å². The van der Waals surface area contributed by atoms with Gasteiger partial charge in [-0.3, -0.25) is 4.79 Å². The molecule has 2 aromatic heterocycles. The Morgan fingerprint density at radius 1 is 1.09 bits per heavy atom. The number of aliphatic hydroxyl groups is 1. The smallest absolute Gasteiger partial charge is 0.263 e. The van der Waals surface area contributed by atoms with Crippen molar-refractivity contribution in [2.24, 2.45) is 0 Å². The zero-order valence-electron chi connectivity index (χ0n) is 18.6. The first-order valence-corrected chi connectivity index (χ1v) is 11.6. The number of anilines is 2. The second kappa shape index (κ2) is 10.4. The highest BCUT2D eigenvalue weighted by Gasteiger charge is 2.16. The monoisotopic (exact) mass is 458 g/mol. The first-order chi connectivity index (χ1) is 16.0. The van der Waals surface area contributed by atoms with Crippen molar-refractivity contribution in [1.82, 2.24) is 14.9 Å². The van der Waals surface area contributed by atoms with Crippen molar-refractivity contribution in [2.45, 2.75) is 19.4 Å². The summed E-state index contributed by atoms with van der Waals surface area (Å²) in [5, 5.41) is 13.0. The number of carbonyl (C=O) groups excluding carboxylic acids is 1. The number of rotatable bonds is 8. The Labute approximate surface area is 197 Å². The van der Waals surface area contributed by atoms with E-state index in [1.807, 2.05) is 67.7 Å².